The van der Waals surface area contributed by atoms with E-state index in [0.717, 1.165) is 5.56 Å². The van der Waals surface area contributed by atoms with Crippen LogP contribution in [0.4, 0.5) is 5.69 Å². The second-order valence-corrected chi connectivity index (χ2v) is 5.50. The average molecular weight is 305 g/mol. The monoisotopic (exact) mass is 305 g/mol. The van der Waals surface area contributed by atoms with E-state index in [1.54, 1.807) is 14.0 Å². The van der Waals surface area contributed by atoms with Crippen molar-refractivity contribution >= 4 is 17.6 Å². The third-order valence-corrected chi connectivity index (χ3v) is 4.16. The van der Waals surface area contributed by atoms with Gasteiger partial charge in [0.15, 0.2) is 11.7 Å². The number of anilines is 1. The van der Waals surface area contributed by atoms with Gasteiger partial charge in [0, 0.05) is 18.3 Å². The van der Waals surface area contributed by atoms with Crippen molar-refractivity contribution in [3.05, 3.63) is 29.3 Å². The van der Waals surface area contributed by atoms with Crippen LogP contribution in [0.5, 0.6) is 0 Å². The highest BCUT2D eigenvalue weighted by Crippen LogP contribution is 2.41. The number of rotatable bonds is 3. The molecule has 2 aliphatic rings. The summed E-state index contributed by atoms with van der Waals surface area (Å²) in [5.74, 6) is -2.54. The van der Waals surface area contributed by atoms with Crippen LogP contribution < -0.4 is 4.90 Å². The molecule has 6 nitrogen and oxygen atoms in total. The molecule has 2 heterocycles. The molecule has 1 amide bonds. The van der Waals surface area contributed by atoms with Crippen LogP contribution in [-0.4, -0.2) is 38.7 Å². The topological polar surface area (TPSA) is 65.1 Å². The number of amides is 1. The second kappa shape index (κ2) is 5.37. The van der Waals surface area contributed by atoms with Gasteiger partial charge in [-0.2, -0.15) is 0 Å². The van der Waals surface area contributed by atoms with Crippen molar-refractivity contribution in [3.63, 3.8) is 0 Å². The lowest BCUT2D eigenvalue weighted by Crippen LogP contribution is -2.29. The molecule has 2 aliphatic heterocycles. The normalized spacial score (nSPS) is 22.8. The van der Waals surface area contributed by atoms with E-state index in [2.05, 4.69) is 0 Å². The lowest BCUT2D eigenvalue weighted by molar-refractivity contribution is -0.150. The Bertz CT molecular complexity index is 621. The average Bonchev–Trinajstić information content (AvgIpc) is 3.04. The molecule has 1 aromatic carbocycles. The Morgan fingerprint density at radius 3 is 2.73 bits per heavy atom. The molecule has 0 aliphatic carbocycles. The Hall–Kier alpha value is -1.92. The maximum Gasteiger partial charge on any atom is 0.323 e. The molecule has 1 saturated heterocycles. The number of hydrogen-bond donors (Lipinski definition) is 0. The molecule has 22 heavy (non-hydrogen) atoms. The van der Waals surface area contributed by atoms with Crippen LogP contribution in [0, 0.1) is 0 Å². The van der Waals surface area contributed by atoms with E-state index in [9.17, 15) is 9.59 Å². The van der Waals surface area contributed by atoms with Gasteiger partial charge in [0.25, 0.3) is 0 Å². The van der Waals surface area contributed by atoms with E-state index in [0.29, 0.717) is 24.5 Å². The Balaban J connectivity index is 2.03. The van der Waals surface area contributed by atoms with Gasteiger partial charge in [-0.1, -0.05) is 6.07 Å². The molecular weight excluding hydrogens is 286 g/mol. The molecule has 0 aromatic heterocycles. The van der Waals surface area contributed by atoms with Crippen LogP contribution in [0.15, 0.2) is 18.2 Å². The van der Waals surface area contributed by atoms with Crippen molar-refractivity contribution in [2.24, 2.45) is 0 Å². The van der Waals surface area contributed by atoms with Crippen LogP contribution >= 0.6 is 0 Å². The summed E-state index contributed by atoms with van der Waals surface area (Å²) in [7, 11) is 1.66. The largest absolute Gasteiger partial charge is 0.465 e. The highest BCUT2D eigenvalue weighted by Gasteiger charge is 2.43. The minimum atomic E-state index is -0.912. The van der Waals surface area contributed by atoms with Gasteiger partial charge in [0.2, 0.25) is 5.91 Å². The minimum absolute atomic E-state index is 0.241. The van der Waals surface area contributed by atoms with Crippen LogP contribution in [-0.2, 0) is 29.6 Å². The molecule has 0 N–H and O–H groups in total. The van der Waals surface area contributed by atoms with Crippen molar-refractivity contribution < 1.29 is 23.8 Å². The van der Waals surface area contributed by atoms with Crippen LogP contribution in [0.25, 0.3) is 0 Å². The van der Waals surface area contributed by atoms with Gasteiger partial charge >= 0.3 is 5.97 Å². The summed E-state index contributed by atoms with van der Waals surface area (Å²) >= 11 is 0. The Labute approximate surface area is 128 Å². The lowest BCUT2D eigenvalue weighted by Gasteiger charge is -2.23. The fourth-order valence-corrected chi connectivity index (χ4v) is 2.95. The predicted molar refractivity (Wildman–Crippen MR) is 78.5 cm³/mol. The second-order valence-electron chi connectivity index (χ2n) is 5.50. The number of nitrogens with zero attached hydrogens (tertiary/aromatic N) is 1. The summed E-state index contributed by atoms with van der Waals surface area (Å²) in [5, 5.41) is 0. The van der Waals surface area contributed by atoms with Gasteiger partial charge in [-0.05, 0) is 31.5 Å². The van der Waals surface area contributed by atoms with E-state index in [1.807, 2.05) is 25.1 Å². The van der Waals surface area contributed by atoms with E-state index < -0.39 is 17.7 Å². The van der Waals surface area contributed by atoms with Gasteiger partial charge in [-0.15, -0.1) is 0 Å². The first-order valence-electron chi connectivity index (χ1n) is 7.34. The summed E-state index contributed by atoms with van der Waals surface area (Å²) in [4.78, 5) is 26.0. The van der Waals surface area contributed by atoms with Crippen LogP contribution in [0.3, 0.4) is 0 Å². The van der Waals surface area contributed by atoms with Crippen molar-refractivity contribution in [2.75, 3.05) is 31.8 Å². The number of carbonyl (C=O) groups is 2. The molecule has 1 atom stereocenters. The number of benzene rings is 1. The van der Waals surface area contributed by atoms with E-state index in [4.69, 9.17) is 14.2 Å². The molecular formula is C16H19NO5. The summed E-state index contributed by atoms with van der Waals surface area (Å²) in [6, 6.07) is 5.49. The molecule has 0 spiro atoms. The zero-order chi connectivity index (χ0) is 15.9. The summed E-state index contributed by atoms with van der Waals surface area (Å²) in [6.07, 6.45) is 0. The third-order valence-electron chi connectivity index (χ3n) is 4.16. The third kappa shape index (κ3) is 2.19. The number of esters is 1. The zero-order valence-corrected chi connectivity index (χ0v) is 12.9. The number of carbonyl (C=O) groups excluding carboxylic acids is 2. The molecule has 118 valence electrons. The number of likely N-dealkylation sites (N-methyl/N-ethyl adjacent to an activating group) is 1. The highest BCUT2D eigenvalue weighted by atomic mass is 16.7. The molecule has 0 radical (unpaired) electrons. The van der Waals surface area contributed by atoms with Gasteiger partial charge in [0.1, 0.15) is 0 Å². The van der Waals surface area contributed by atoms with Crippen molar-refractivity contribution in [2.45, 2.75) is 25.6 Å². The Morgan fingerprint density at radius 1 is 1.41 bits per heavy atom. The summed E-state index contributed by atoms with van der Waals surface area (Å²) < 4.78 is 16.3. The summed E-state index contributed by atoms with van der Waals surface area (Å²) in [5.41, 5.74) is 2.15. The SMILES string of the molecule is CCOC(=O)C1C(=O)N(C)c2ccc(C3(C)OCCO3)cc21. The summed E-state index contributed by atoms with van der Waals surface area (Å²) in [6.45, 7) is 4.84. The first-order chi connectivity index (χ1) is 10.5. The first-order valence-corrected chi connectivity index (χ1v) is 7.34. The quantitative estimate of drug-likeness (QED) is 0.626. The fourth-order valence-electron chi connectivity index (χ4n) is 2.95. The van der Waals surface area contributed by atoms with E-state index in [-0.39, 0.29) is 12.5 Å². The minimum Gasteiger partial charge on any atom is -0.465 e. The number of fused-ring (bicyclic) bond motifs is 1. The van der Waals surface area contributed by atoms with Gasteiger partial charge in [-0.25, -0.2) is 0 Å². The molecule has 0 bridgehead atoms. The fraction of sp³-hybridized carbons (Fsp3) is 0.500. The molecule has 6 heteroatoms. The van der Waals surface area contributed by atoms with Crippen LogP contribution in [0.2, 0.25) is 0 Å². The maximum atomic E-state index is 12.4. The van der Waals surface area contributed by atoms with Gasteiger partial charge in [-0.3, -0.25) is 9.59 Å². The molecule has 3 rings (SSSR count). The predicted octanol–water partition coefficient (Wildman–Crippen LogP) is 1.53. The molecule has 1 fully saturated rings. The van der Waals surface area contributed by atoms with Crippen molar-refractivity contribution in [1.29, 1.82) is 0 Å². The highest BCUT2D eigenvalue weighted by molar-refractivity contribution is 6.16. The molecule has 0 saturated carbocycles. The van der Waals surface area contributed by atoms with Gasteiger partial charge < -0.3 is 19.1 Å². The smallest absolute Gasteiger partial charge is 0.323 e. The molecule has 1 unspecified atom stereocenters. The lowest BCUT2D eigenvalue weighted by atomic mass is 9.96. The van der Waals surface area contributed by atoms with Crippen molar-refractivity contribution in [3.8, 4) is 0 Å². The molecule has 1 aromatic rings. The number of hydrogen-bond acceptors (Lipinski definition) is 5. The Kier molecular flexibility index (Phi) is 3.66. The van der Waals surface area contributed by atoms with Crippen LogP contribution in [0.1, 0.15) is 30.9 Å². The Morgan fingerprint density at radius 2 is 2.09 bits per heavy atom. The van der Waals surface area contributed by atoms with Crippen molar-refractivity contribution in [1.82, 2.24) is 0 Å². The first kappa shape index (κ1) is 15.0. The van der Waals surface area contributed by atoms with E-state index in [1.165, 1.54) is 4.90 Å². The zero-order valence-electron chi connectivity index (χ0n) is 12.9. The standard InChI is InChI=1S/C16H19NO5/c1-4-20-15(19)13-11-9-10(16(2)21-7-8-22-16)5-6-12(11)17(3)14(13)18/h5-6,9,13H,4,7-8H2,1-3H3. The van der Waals surface area contributed by atoms with Gasteiger partial charge in [0.05, 0.1) is 19.8 Å². The maximum absolute atomic E-state index is 12.4. The number of ether oxygens (including phenoxy) is 3. The van der Waals surface area contributed by atoms with E-state index >= 15 is 0 Å².